The highest BCUT2D eigenvalue weighted by Gasteiger charge is 2.21. The van der Waals surface area contributed by atoms with Gasteiger partial charge in [0.1, 0.15) is 5.65 Å². The van der Waals surface area contributed by atoms with E-state index in [1.807, 2.05) is 19.1 Å². The zero-order valence-electron chi connectivity index (χ0n) is 15.1. The number of nitrogens with one attached hydrogen (secondary N) is 3. The number of ether oxygens (including phenoxy) is 1. The zero-order chi connectivity index (χ0) is 19.8. The number of amides is 1. The Balaban J connectivity index is 1.45. The lowest BCUT2D eigenvalue weighted by Gasteiger charge is -2.12. The third kappa shape index (κ3) is 3.25. The number of carbonyl (C=O) groups excluding carboxylic acids is 2. The largest absolute Gasteiger partial charge is 0.448 e. The van der Waals surface area contributed by atoms with Gasteiger partial charge in [0.05, 0.1) is 11.0 Å². The number of esters is 1. The molecule has 1 aromatic carbocycles. The van der Waals surface area contributed by atoms with Gasteiger partial charge in [-0.3, -0.25) is 4.79 Å². The molecule has 3 heterocycles. The number of hydrogen-bond donors (Lipinski definition) is 3. The Morgan fingerprint density at radius 3 is 2.75 bits per heavy atom. The molecule has 0 fully saturated rings. The third-order valence-corrected chi connectivity index (χ3v) is 4.34. The fraction of sp³-hybridized carbons (Fsp3) is 0.158. The molecule has 1 atom stereocenters. The number of aryl methyl sites for hydroxylation is 1. The molecule has 142 valence electrons. The number of hydrogen-bond acceptors (Lipinski definition) is 5. The van der Waals surface area contributed by atoms with Crippen LogP contribution in [0.5, 0.6) is 0 Å². The molecule has 0 spiro atoms. The topological polar surface area (TPSA) is 121 Å². The molecule has 0 saturated carbocycles. The van der Waals surface area contributed by atoms with Gasteiger partial charge in [-0.05, 0) is 44.2 Å². The minimum Gasteiger partial charge on any atom is -0.448 e. The molecule has 0 saturated heterocycles. The van der Waals surface area contributed by atoms with E-state index in [0.717, 1.165) is 5.69 Å². The van der Waals surface area contributed by atoms with Crippen molar-refractivity contribution < 1.29 is 14.3 Å². The Labute approximate surface area is 158 Å². The molecule has 0 aliphatic rings. The maximum Gasteiger partial charge on any atom is 0.359 e. The van der Waals surface area contributed by atoms with E-state index in [1.54, 1.807) is 34.9 Å². The standard InChI is InChI=1S/C19H17N5O4/c1-10-4-3-5-16-21-15(9-24(10)16)18(26)28-11(2)17(25)20-12-6-7-13-14(8-12)23-19(27)22-13/h3-9,11H,1-2H3,(H,20,25)(H2,22,23,27)/t11-/m1/s1. The highest BCUT2D eigenvalue weighted by molar-refractivity contribution is 5.98. The summed E-state index contributed by atoms with van der Waals surface area (Å²) >= 11 is 0. The van der Waals surface area contributed by atoms with E-state index in [2.05, 4.69) is 20.3 Å². The van der Waals surface area contributed by atoms with Crippen molar-refractivity contribution in [2.45, 2.75) is 20.0 Å². The fourth-order valence-corrected chi connectivity index (χ4v) is 2.88. The molecule has 3 aromatic heterocycles. The molecule has 0 aliphatic carbocycles. The van der Waals surface area contributed by atoms with Crippen LogP contribution in [0, 0.1) is 6.92 Å². The lowest BCUT2D eigenvalue weighted by molar-refractivity contribution is -0.123. The van der Waals surface area contributed by atoms with Gasteiger partial charge in [-0.25, -0.2) is 14.6 Å². The van der Waals surface area contributed by atoms with Crippen LogP contribution < -0.4 is 11.0 Å². The molecule has 0 bridgehead atoms. The summed E-state index contributed by atoms with van der Waals surface area (Å²) in [6, 6.07) is 10.4. The number of imidazole rings is 2. The smallest absolute Gasteiger partial charge is 0.359 e. The zero-order valence-corrected chi connectivity index (χ0v) is 15.1. The Morgan fingerprint density at radius 1 is 1.18 bits per heavy atom. The Kier molecular flexibility index (Phi) is 4.19. The average molecular weight is 379 g/mol. The molecule has 0 aliphatic heterocycles. The molecule has 4 aromatic rings. The number of rotatable bonds is 4. The van der Waals surface area contributed by atoms with Gasteiger partial charge in [0.15, 0.2) is 11.8 Å². The van der Waals surface area contributed by atoms with Crippen LogP contribution >= 0.6 is 0 Å². The Hall–Kier alpha value is -3.88. The summed E-state index contributed by atoms with van der Waals surface area (Å²) in [6.45, 7) is 3.37. The average Bonchev–Trinajstić information content (AvgIpc) is 3.24. The number of pyridine rings is 1. The van der Waals surface area contributed by atoms with Crippen LogP contribution in [0.3, 0.4) is 0 Å². The highest BCUT2D eigenvalue weighted by atomic mass is 16.5. The third-order valence-electron chi connectivity index (χ3n) is 4.34. The Morgan fingerprint density at radius 2 is 1.96 bits per heavy atom. The van der Waals surface area contributed by atoms with Crippen LogP contribution in [0.2, 0.25) is 0 Å². The number of anilines is 1. The van der Waals surface area contributed by atoms with Crippen LogP contribution in [0.1, 0.15) is 23.1 Å². The van der Waals surface area contributed by atoms with Crippen molar-refractivity contribution in [1.82, 2.24) is 19.4 Å². The van der Waals surface area contributed by atoms with Crippen molar-refractivity contribution in [1.29, 1.82) is 0 Å². The summed E-state index contributed by atoms with van der Waals surface area (Å²) in [5.74, 6) is -1.18. The van der Waals surface area contributed by atoms with Gasteiger partial charge in [-0.15, -0.1) is 0 Å². The monoisotopic (exact) mass is 379 g/mol. The van der Waals surface area contributed by atoms with Crippen LogP contribution in [0.4, 0.5) is 5.69 Å². The molecule has 0 radical (unpaired) electrons. The summed E-state index contributed by atoms with van der Waals surface area (Å²) in [5, 5.41) is 2.66. The SMILES string of the molecule is Cc1cccc2nc(C(=O)O[C@H](C)C(=O)Nc3ccc4[nH]c(=O)[nH]c4c3)cn12. The van der Waals surface area contributed by atoms with Crippen LogP contribution in [-0.2, 0) is 9.53 Å². The fourth-order valence-electron chi connectivity index (χ4n) is 2.88. The molecule has 1 amide bonds. The highest BCUT2D eigenvalue weighted by Crippen LogP contribution is 2.15. The van der Waals surface area contributed by atoms with E-state index in [9.17, 15) is 14.4 Å². The first kappa shape index (κ1) is 17.5. The first-order chi connectivity index (χ1) is 13.4. The number of aromatic amines is 2. The lowest BCUT2D eigenvalue weighted by atomic mass is 10.2. The minimum absolute atomic E-state index is 0.125. The van der Waals surface area contributed by atoms with Crippen molar-refractivity contribution in [2.75, 3.05) is 5.32 Å². The van der Waals surface area contributed by atoms with Crippen molar-refractivity contribution in [3.05, 3.63) is 64.5 Å². The molecule has 3 N–H and O–H groups in total. The van der Waals surface area contributed by atoms with Gasteiger partial charge < -0.3 is 24.4 Å². The van der Waals surface area contributed by atoms with Gasteiger partial charge in [0, 0.05) is 17.6 Å². The summed E-state index contributed by atoms with van der Waals surface area (Å²) < 4.78 is 7.01. The molecular weight excluding hydrogens is 362 g/mol. The maximum atomic E-state index is 12.4. The summed E-state index contributed by atoms with van der Waals surface area (Å²) in [4.78, 5) is 45.5. The van der Waals surface area contributed by atoms with Gasteiger partial charge in [-0.1, -0.05) is 6.07 Å². The normalized spacial score (nSPS) is 12.2. The number of nitrogens with zero attached hydrogens (tertiary/aromatic N) is 2. The first-order valence-corrected chi connectivity index (χ1v) is 8.59. The molecule has 9 heteroatoms. The van der Waals surface area contributed by atoms with E-state index < -0.39 is 18.0 Å². The van der Waals surface area contributed by atoms with Gasteiger partial charge >= 0.3 is 11.7 Å². The van der Waals surface area contributed by atoms with E-state index >= 15 is 0 Å². The molecule has 9 nitrogen and oxygen atoms in total. The van der Waals surface area contributed by atoms with E-state index in [-0.39, 0.29) is 11.4 Å². The summed E-state index contributed by atoms with van der Waals surface area (Å²) in [7, 11) is 0. The number of H-pyrrole nitrogens is 2. The Bertz CT molecular complexity index is 1270. The summed E-state index contributed by atoms with van der Waals surface area (Å²) in [5.41, 5.74) is 3.01. The van der Waals surface area contributed by atoms with Crippen LogP contribution in [-0.4, -0.2) is 37.3 Å². The van der Waals surface area contributed by atoms with Crippen molar-refractivity contribution in [3.8, 4) is 0 Å². The molecule has 0 unspecified atom stereocenters. The van der Waals surface area contributed by atoms with Crippen LogP contribution in [0.15, 0.2) is 47.4 Å². The van der Waals surface area contributed by atoms with Crippen LogP contribution in [0.25, 0.3) is 16.7 Å². The van der Waals surface area contributed by atoms with Crippen molar-refractivity contribution >= 4 is 34.2 Å². The maximum absolute atomic E-state index is 12.4. The second-order valence-corrected chi connectivity index (χ2v) is 6.40. The summed E-state index contributed by atoms with van der Waals surface area (Å²) in [6.07, 6.45) is 0.549. The number of fused-ring (bicyclic) bond motifs is 2. The van der Waals surface area contributed by atoms with Crippen molar-refractivity contribution in [2.24, 2.45) is 0 Å². The molecular formula is C19H17N5O4. The van der Waals surface area contributed by atoms with Gasteiger partial charge in [-0.2, -0.15) is 0 Å². The predicted octanol–water partition coefficient (Wildman–Crippen LogP) is 2.00. The first-order valence-electron chi connectivity index (χ1n) is 8.59. The molecule has 4 rings (SSSR count). The number of benzene rings is 1. The van der Waals surface area contributed by atoms with Gasteiger partial charge in [0.2, 0.25) is 0 Å². The van der Waals surface area contributed by atoms with E-state index in [4.69, 9.17) is 4.74 Å². The van der Waals surface area contributed by atoms with E-state index in [0.29, 0.717) is 22.4 Å². The second kappa shape index (κ2) is 6.69. The van der Waals surface area contributed by atoms with Gasteiger partial charge in [0.25, 0.3) is 5.91 Å². The minimum atomic E-state index is -1.03. The van der Waals surface area contributed by atoms with E-state index in [1.165, 1.54) is 6.92 Å². The number of aromatic nitrogens is 4. The molecule has 28 heavy (non-hydrogen) atoms. The lowest BCUT2D eigenvalue weighted by Crippen LogP contribution is -2.30. The second-order valence-electron chi connectivity index (χ2n) is 6.40. The quantitative estimate of drug-likeness (QED) is 0.468. The predicted molar refractivity (Wildman–Crippen MR) is 102 cm³/mol. The number of carbonyl (C=O) groups is 2. The van der Waals surface area contributed by atoms with Crippen molar-refractivity contribution in [3.63, 3.8) is 0 Å².